The normalized spacial score (nSPS) is 11.0. The lowest BCUT2D eigenvalue weighted by Crippen LogP contribution is -2.22. The summed E-state index contributed by atoms with van der Waals surface area (Å²) in [5.74, 6) is -2.20. The molecule has 0 aliphatic heterocycles. The Bertz CT molecular complexity index is 1030. The highest BCUT2D eigenvalue weighted by atomic mass is 19.3. The molecule has 0 saturated heterocycles. The highest BCUT2D eigenvalue weighted by Crippen LogP contribution is 2.30. The van der Waals surface area contributed by atoms with Gasteiger partial charge >= 0.3 is 6.43 Å². The van der Waals surface area contributed by atoms with Crippen LogP contribution in [-0.4, -0.2) is 30.7 Å². The van der Waals surface area contributed by atoms with Crippen LogP contribution in [0.25, 0.3) is 11.5 Å². The van der Waals surface area contributed by atoms with Gasteiger partial charge in [-0.2, -0.15) is 8.78 Å². The highest BCUT2D eigenvalue weighted by Gasteiger charge is 2.19. The van der Waals surface area contributed by atoms with Crippen LogP contribution in [0.2, 0.25) is 0 Å². The van der Waals surface area contributed by atoms with Gasteiger partial charge in [-0.05, 0) is 30.3 Å². The molecule has 29 heavy (non-hydrogen) atoms. The van der Waals surface area contributed by atoms with Crippen LogP contribution >= 0.6 is 0 Å². The summed E-state index contributed by atoms with van der Waals surface area (Å²) < 4.78 is 58.2. The van der Waals surface area contributed by atoms with Gasteiger partial charge in [0.15, 0.2) is 0 Å². The molecule has 0 fully saturated rings. The summed E-state index contributed by atoms with van der Waals surface area (Å²) in [6.07, 6.45) is -2.34. The van der Waals surface area contributed by atoms with E-state index in [0.29, 0.717) is 17.8 Å². The van der Waals surface area contributed by atoms with Crippen LogP contribution in [0, 0.1) is 11.6 Å². The number of anilines is 2. The Kier molecular flexibility index (Phi) is 5.81. The largest absolute Gasteiger partial charge is 0.415 e. The average Bonchev–Trinajstić information content (AvgIpc) is 3.19. The monoisotopic (exact) mass is 408 g/mol. The van der Waals surface area contributed by atoms with Crippen molar-refractivity contribution in [1.82, 2.24) is 10.2 Å². The molecular weight excluding hydrogens is 392 g/mol. The number of halogens is 4. The standard InChI is InChI=1S/C19H16F4N4O2/c1-26(16-8-13(20)5-6-15(16)27(2)10-28)9-12-4-3-11(7-14(12)21)18-24-25-19(29-18)17(22)23/h3-8,10,17H,9H2,1-2H3. The van der Waals surface area contributed by atoms with E-state index in [4.69, 9.17) is 4.42 Å². The minimum Gasteiger partial charge on any atom is -0.415 e. The van der Waals surface area contributed by atoms with Crippen LogP contribution in [0.4, 0.5) is 28.9 Å². The molecule has 0 aliphatic rings. The molecule has 152 valence electrons. The van der Waals surface area contributed by atoms with Crippen molar-refractivity contribution in [1.29, 1.82) is 0 Å². The van der Waals surface area contributed by atoms with Crippen molar-refractivity contribution < 1.29 is 26.8 Å². The highest BCUT2D eigenvalue weighted by molar-refractivity contribution is 5.83. The van der Waals surface area contributed by atoms with E-state index in [1.807, 2.05) is 0 Å². The molecule has 3 aromatic rings. The maximum absolute atomic E-state index is 14.6. The van der Waals surface area contributed by atoms with Gasteiger partial charge in [0, 0.05) is 31.8 Å². The van der Waals surface area contributed by atoms with Gasteiger partial charge in [-0.15, -0.1) is 10.2 Å². The number of alkyl halides is 2. The fraction of sp³-hybridized carbons (Fsp3) is 0.211. The Balaban J connectivity index is 1.85. The van der Waals surface area contributed by atoms with Gasteiger partial charge < -0.3 is 14.2 Å². The molecule has 0 radical (unpaired) electrons. The third-order valence-electron chi connectivity index (χ3n) is 4.22. The minimum absolute atomic E-state index is 0.0569. The third-order valence-corrected chi connectivity index (χ3v) is 4.22. The molecule has 0 N–H and O–H groups in total. The van der Waals surface area contributed by atoms with Crippen molar-refractivity contribution >= 4 is 17.8 Å². The Morgan fingerprint density at radius 1 is 1.07 bits per heavy atom. The lowest BCUT2D eigenvalue weighted by atomic mass is 10.1. The second-order valence-electron chi connectivity index (χ2n) is 6.26. The molecule has 0 bridgehead atoms. The fourth-order valence-electron chi connectivity index (χ4n) is 2.75. The maximum Gasteiger partial charge on any atom is 0.314 e. The molecule has 2 aromatic carbocycles. The predicted molar refractivity (Wildman–Crippen MR) is 97.6 cm³/mol. The van der Waals surface area contributed by atoms with Crippen LogP contribution in [-0.2, 0) is 11.3 Å². The zero-order chi connectivity index (χ0) is 21.1. The Morgan fingerprint density at radius 2 is 1.83 bits per heavy atom. The van der Waals surface area contributed by atoms with Gasteiger partial charge in [-0.25, -0.2) is 8.78 Å². The Morgan fingerprint density at radius 3 is 2.45 bits per heavy atom. The molecule has 0 spiro atoms. The first kappa shape index (κ1) is 20.3. The maximum atomic E-state index is 14.6. The number of amides is 1. The SMILES string of the molecule is CN(C=O)c1ccc(F)cc1N(C)Cc1ccc(-c2nnc(C(F)F)o2)cc1F. The number of hydrogen-bond donors (Lipinski definition) is 0. The summed E-state index contributed by atoms with van der Waals surface area (Å²) in [5.41, 5.74) is 1.25. The molecular formula is C19H16F4N4O2. The van der Waals surface area contributed by atoms with Crippen LogP contribution in [0.1, 0.15) is 17.9 Å². The molecule has 6 nitrogen and oxygen atoms in total. The molecule has 1 amide bonds. The number of aromatic nitrogens is 2. The van der Waals surface area contributed by atoms with Gasteiger partial charge in [0.25, 0.3) is 5.89 Å². The molecule has 0 saturated carbocycles. The molecule has 0 atom stereocenters. The number of benzene rings is 2. The molecule has 3 rings (SSSR count). The molecule has 1 heterocycles. The lowest BCUT2D eigenvalue weighted by molar-refractivity contribution is -0.107. The number of carbonyl (C=O) groups excluding carboxylic acids is 1. The summed E-state index contributed by atoms with van der Waals surface area (Å²) in [5, 5.41) is 6.69. The molecule has 10 heteroatoms. The zero-order valence-corrected chi connectivity index (χ0v) is 15.4. The van der Waals surface area contributed by atoms with Crippen LogP contribution < -0.4 is 9.80 Å². The fourth-order valence-corrected chi connectivity index (χ4v) is 2.75. The molecule has 1 aromatic heterocycles. The van der Waals surface area contributed by atoms with E-state index < -0.39 is 24.0 Å². The first-order chi connectivity index (χ1) is 13.8. The summed E-state index contributed by atoms with van der Waals surface area (Å²) in [7, 11) is 3.14. The van der Waals surface area contributed by atoms with E-state index in [9.17, 15) is 22.4 Å². The van der Waals surface area contributed by atoms with E-state index >= 15 is 0 Å². The van der Waals surface area contributed by atoms with Crippen molar-refractivity contribution in [3.63, 3.8) is 0 Å². The summed E-state index contributed by atoms with van der Waals surface area (Å²) >= 11 is 0. The average molecular weight is 408 g/mol. The topological polar surface area (TPSA) is 62.5 Å². The van der Waals surface area contributed by atoms with Crippen molar-refractivity contribution in [2.45, 2.75) is 13.0 Å². The van der Waals surface area contributed by atoms with Crippen molar-refractivity contribution in [3.05, 3.63) is 59.5 Å². The van der Waals surface area contributed by atoms with Crippen LogP contribution in [0.5, 0.6) is 0 Å². The van der Waals surface area contributed by atoms with Crippen molar-refractivity contribution in [2.24, 2.45) is 0 Å². The smallest absolute Gasteiger partial charge is 0.314 e. The minimum atomic E-state index is -2.92. The Hall–Kier alpha value is -3.43. The van der Waals surface area contributed by atoms with E-state index in [0.717, 1.165) is 6.07 Å². The van der Waals surface area contributed by atoms with E-state index in [1.54, 1.807) is 11.9 Å². The summed E-state index contributed by atoms with van der Waals surface area (Å²) in [6.45, 7) is 0.0569. The quantitative estimate of drug-likeness (QED) is 0.434. The number of carbonyl (C=O) groups is 1. The second kappa shape index (κ2) is 8.29. The first-order valence-electron chi connectivity index (χ1n) is 8.39. The first-order valence-corrected chi connectivity index (χ1v) is 8.39. The van der Waals surface area contributed by atoms with Crippen LogP contribution in [0.15, 0.2) is 40.8 Å². The molecule has 0 unspecified atom stereocenters. The van der Waals surface area contributed by atoms with Gasteiger partial charge in [0.1, 0.15) is 11.6 Å². The lowest BCUT2D eigenvalue weighted by Gasteiger charge is -2.25. The number of nitrogens with zero attached hydrogens (tertiary/aromatic N) is 4. The van der Waals surface area contributed by atoms with Crippen LogP contribution in [0.3, 0.4) is 0 Å². The van der Waals surface area contributed by atoms with E-state index in [2.05, 4.69) is 10.2 Å². The van der Waals surface area contributed by atoms with Crippen molar-refractivity contribution in [2.75, 3.05) is 23.9 Å². The van der Waals surface area contributed by atoms with Gasteiger partial charge in [-0.1, -0.05) is 6.07 Å². The zero-order valence-electron chi connectivity index (χ0n) is 15.4. The second-order valence-corrected chi connectivity index (χ2v) is 6.26. The third kappa shape index (κ3) is 4.36. The van der Waals surface area contributed by atoms with Crippen molar-refractivity contribution in [3.8, 4) is 11.5 Å². The van der Waals surface area contributed by atoms with E-state index in [1.165, 1.54) is 42.3 Å². The predicted octanol–water partition coefficient (Wildman–Crippen LogP) is 4.18. The number of rotatable bonds is 7. The van der Waals surface area contributed by atoms with Gasteiger partial charge in [0.2, 0.25) is 12.3 Å². The van der Waals surface area contributed by atoms with E-state index in [-0.39, 0.29) is 23.6 Å². The summed E-state index contributed by atoms with van der Waals surface area (Å²) in [4.78, 5) is 13.9. The summed E-state index contributed by atoms with van der Waals surface area (Å²) in [6, 6.07) is 7.90. The van der Waals surface area contributed by atoms with Gasteiger partial charge in [0.05, 0.1) is 11.4 Å². The Labute approximate surface area is 163 Å². The molecule has 0 aliphatic carbocycles. The van der Waals surface area contributed by atoms with Gasteiger partial charge in [-0.3, -0.25) is 4.79 Å². The number of hydrogen-bond acceptors (Lipinski definition) is 5.